The average molecular weight is 344 g/mol. The maximum Gasteiger partial charge on any atom is 0.330 e. The van der Waals surface area contributed by atoms with Gasteiger partial charge in [-0.3, -0.25) is 9.59 Å². The largest absolute Gasteiger partial charge is 0.478 e. The summed E-state index contributed by atoms with van der Waals surface area (Å²) in [6, 6.07) is 0. The van der Waals surface area contributed by atoms with E-state index in [4.69, 9.17) is 10.2 Å². The van der Waals surface area contributed by atoms with Crippen LogP contribution in [-0.2, 0) is 23.9 Å². The summed E-state index contributed by atoms with van der Waals surface area (Å²) in [6.45, 7) is 14.3. The molecule has 0 aromatic heterocycles. The monoisotopic (exact) mass is 344 g/mol. The Balaban J connectivity index is -0.000000113. The number of esters is 1. The number of carbonyl (C=O) groups excluding carboxylic acids is 3. The Kier molecular flexibility index (Phi) is 29.8. The Morgan fingerprint density at radius 1 is 1.04 bits per heavy atom. The number of hydrogen-bond acceptors (Lipinski definition) is 6. The summed E-state index contributed by atoms with van der Waals surface area (Å²) in [7, 11) is 0. The van der Waals surface area contributed by atoms with Crippen LogP contribution in [0, 0.1) is 0 Å². The van der Waals surface area contributed by atoms with Gasteiger partial charge in [0.25, 0.3) is 0 Å². The van der Waals surface area contributed by atoms with Crippen LogP contribution in [0.1, 0.15) is 6.92 Å². The maximum atomic E-state index is 10.1. The molecule has 9 nitrogen and oxygen atoms in total. The van der Waals surface area contributed by atoms with Crippen molar-refractivity contribution in [1.82, 2.24) is 5.32 Å². The molecule has 9 heteroatoms. The minimum atomic E-state index is -0.981. The number of aliphatic hydroxyl groups excluding tert-OH is 1. The number of aliphatic hydroxyl groups is 1. The molecule has 0 heterocycles. The zero-order valence-electron chi connectivity index (χ0n) is 13.6. The second-order valence-corrected chi connectivity index (χ2v) is 3.01. The third kappa shape index (κ3) is 51.1. The predicted molar refractivity (Wildman–Crippen MR) is 89.5 cm³/mol. The van der Waals surface area contributed by atoms with Gasteiger partial charge in [-0.25, -0.2) is 9.59 Å². The molecule has 0 atom stereocenters. The molecule has 0 aliphatic rings. The number of carboxylic acids is 1. The zero-order valence-corrected chi connectivity index (χ0v) is 13.6. The van der Waals surface area contributed by atoms with Crippen molar-refractivity contribution >= 4 is 23.8 Å². The molecule has 136 valence electrons. The number of carbonyl (C=O) groups is 4. The van der Waals surface area contributed by atoms with Crippen molar-refractivity contribution in [2.75, 3.05) is 13.3 Å². The van der Waals surface area contributed by atoms with Gasteiger partial charge in [-0.05, 0) is 19.1 Å². The number of ether oxygens (including phenoxy) is 1. The summed E-state index contributed by atoms with van der Waals surface area (Å²) in [5.74, 6) is -2.18. The van der Waals surface area contributed by atoms with Gasteiger partial charge in [-0.1, -0.05) is 26.3 Å². The van der Waals surface area contributed by atoms with Gasteiger partial charge in [0.2, 0.25) is 11.8 Å². The van der Waals surface area contributed by atoms with Gasteiger partial charge in [0.15, 0.2) is 0 Å². The highest BCUT2D eigenvalue weighted by molar-refractivity contribution is 5.86. The van der Waals surface area contributed by atoms with Crippen molar-refractivity contribution in [3.63, 3.8) is 0 Å². The lowest BCUT2D eigenvalue weighted by Crippen LogP contribution is -2.20. The summed E-state index contributed by atoms with van der Waals surface area (Å²) in [4.78, 5) is 38.8. The SMILES string of the molecule is C=CC(=O)NCO.C=CC(=O)O.C=CC(=O)OCC.C=CC(N)=O. The minimum Gasteiger partial charge on any atom is -0.478 e. The van der Waals surface area contributed by atoms with Crippen molar-refractivity contribution in [1.29, 1.82) is 0 Å². The lowest BCUT2D eigenvalue weighted by Gasteiger charge is -1.90. The van der Waals surface area contributed by atoms with Crippen molar-refractivity contribution < 1.29 is 34.1 Å². The molecule has 0 saturated carbocycles. The first kappa shape index (κ1) is 28.9. The van der Waals surface area contributed by atoms with E-state index >= 15 is 0 Å². The Morgan fingerprint density at radius 3 is 1.54 bits per heavy atom. The van der Waals surface area contributed by atoms with Gasteiger partial charge in [-0.2, -0.15) is 0 Å². The van der Waals surface area contributed by atoms with Gasteiger partial charge >= 0.3 is 11.9 Å². The van der Waals surface area contributed by atoms with Crippen molar-refractivity contribution in [3.05, 3.63) is 50.6 Å². The van der Waals surface area contributed by atoms with E-state index in [0.29, 0.717) is 6.61 Å². The van der Waals surface area contributed by atoms with Crippen molar-refractivity contribution in [2.45, 2.75) is 6.92 Å². The Bertz CT molecular complexity index is 392. The highest BCUT2D eigenvalue weighted by atomic mass is 16.5. The number of amides is 2. The fraction of sp³-hybridized carbons (Fsp3) is 0.200. The van der Waals surface area contributed by atoms with E-state index in [0.717, 1.165) is 24.3 Å². The normalized spacial score (nSPS) is 7.08. The number of primary amides is 1. The number of aliphatic carboxylic acids is 1. The van der Waals surface area contributed by atoms with Crippen LogP contribution in [0.5, 0.6) is 0 Å². The predicted octanol–water partition coefficient (Wildman–Crippen LogP) is -0.111. The number of rotatable bonds is 6. The third-order valence-corrected chi connectivity index (χ3v) is 1.27. The molecule has 0 saturated heterocycles. The Hall–Kier alpha value is -3.20. The van der Waals surface area contributed by atoms with Gasteiger partial charge in [0, 0.05) is 12.2 Å². The van der Waals surface area contributed by atoms with E-state index in [1.165, 1.54) is 0 Å². The van der Waals surface area contributed by atoms with Crippen LogP contribution < -0.4 is 11.1 Å². The quantitative estimate of drug-likeness (QED) is 0.297. The van der Waals surface area contributed by atoms with E-state index in [2.05, 4.69) is 42.1 Å². The van der Waals surface area contributed by atoms with E-state index in [-0.39, 0.29) is 18.6 Å². The van der Waals surface area contributed by atoms with E-state index in [1.54, 1.807) is 6.92 Å². The molecule has 5 N–H and O–H groups in total. The maximum absolute atomic E-state index is 10.1. The standard InChI is InChI=1S/C5H8O2.C4H7NO2.C3H5NO.C3H4O2/c1-3-5(6)7-4-2;1-2-4(7)5-3-6;2*1-2-3(4)5/h3H,1,4H2,2H3;2,6H,1,3H2,(H,5,7);2H,1H2,(H2,4,5);2H,1H2,(H,4,5). The molecule has 0 aliphatic heterocycles. The first-order valence-corrected chi connectivity index (χ1v) is 6.24. The molecule has 0 aromatic rings. The summed E-state index contributed by atoms with van der Waals surface area (Å²) in [6.07, 6.45) is 4.12. The van der Waals surface area contributed by atoms with E-state index < -0.39 is 11.9 Å². The Morgan fingerprint density at radius 2 is 1.46 bits per heavy atom. The average Bonchev–Trinajstić information content (AvgIpc) is 2.56. The van der Waals surface area contributed by atoms with E-state index in [9.17, 15) is 19.2 Å². The molecule has 2 amide bonds. The fourth-order valence-corrected chi connectivity index (χ4v) is 0.351. The number of hydrogen-bond donors (Lipinski definition) is 4. The first-order valence-electron chi connectivity index (χ1n) is 6.24. The second-order valence-electron chi connectivity index (χ2n) is 3.01. The highest BCUT2D eigenvalue weighted by Gasteiger charge is 1.86. The van der Waals surface area contributed by atoms with Crippen LogP contribution in [0.3, 0.4) is 0 Å². The summed E-state index contributed by atoms with van der Waals surface area (Å²) in [5.41, 5.74) is 4.53. The lowest BCUT2D eigenvalue weighted by atomic mass is 10.6. The zero-order chi connectivity index (χ0) is 20.0. The van der Waals surface area contributed by atoms with Crippen LogP contribution in [0.25, 0.3) is 0 Å². The summed E-state index contributed by atoms with van der Waals surface area (Å²) >= 11 is 0. The van der Waals surface area contributed by atoms with Crippen molar-refractivity contribution in [2.24, 2.45) is 5.73 Å². The van der Waals surface area contributed by atoms with Crippen LogP contribution in [-0.4, -0.2) is 47.3 Å². The van der Waals surface area contributed by atoms with Crippen LogP contribution in [0.2, 0.25) is 0 Å². The molecule has 24 heavy (non-hydrogen) atoms. The topological polar surface area (TPSA) is 156 Å². The first-order chi connectivity index (χ1) is 11.2. The van der Waals surface area contributed by atoms with E-state index in [1.807, 2.05) is 0 Å². The molecule has 0 radical (unpaired) electrons. The van der Waals surface area contributed by atoms with Gasteiger partial charge < -0.3 is 26.0 Å². The van der Waals surface area contributed by atoms with Crippen molar-refractivity contribution in [3.8, 4) is 0 Å². The summed E-state index contributed by atoms with van der Waals surface area (Å²) < 4.78 is 4.43. The minimum absolute atomic E-state index is 0.329. The second kappa shape index (κ2) is 24.8. The number of nitrogens with two attached hydrogens (primary N) is 1. The smallest absolute Gasteiger partial charge is 0.330 e. The van der Waals surface area contributed by atoms with Crippen LogP contribution >= 0.6 is 0 Å². The molecule has 0 unspecified atom stereocenters. The van der Waals surface area contributed by atoms with Crippen LogP contribution in [0.4, 0.5) is 0 Å². The van der Waals surface area contributed by atoms with Gasteiger partial charge in [0.1, 0.15) is 6.73 Å². The Labute approximate surface area is 140 Å². The highest BCUT2D eigenvalue weighted by Crippen LogP contribution is 1.74. The molecule has 0 aromatic carbocycles. The molecule has 0 spiro atoms. The molecule has 0 rings (SSSR count). The third-order valence-electron chi connectivity index (χ3n) is 1.27. The molecular formula is C15H24N2O7. The van der Waals surface area contributed by atoms with Gasteiger partial charge in [0.05, 0.1) is 6.61 Å². The summed E-state index contributed by atoms with van der Waals surface area (Å²) in [5, 5.41) is 17.7. The molecule has 0 bridgehead atoms. The fourth-order valence-electron chi connectivity index (χ4n) is 0.351. The molecule has 0 fully saturated rings. The number of carboxylic acid groups (broad SMARTS) is 1. The number of nitrogens with one attached hydrogen (secondary N) is 1. The molecule has 0 aliphatic carbocycles. The lowest BCUT2D eigenvalue weighted by molar-refractivity contribution is -0.137. The molecular weight excluding hydrogens is 320 g/mol. The van der Waals surface area contributed by atoms with Crippen LogP contribution in [0.15, 0.2) is 50.6 Å². The van der Waals surface area contributed by atoms with Gasteiger partial charge in [-0.15, -0.1) is 0 Å².